The fourth-order valence-corrected chi connectivity index (χ4v) is 3.48. The van der Waals surface area contributed by atoms with Crippen molar-refractivity contribution in [3.05, 3.63) is 53.1 Å². The molecule has 3 heterocycles. The second-order valence-corrected chi connectivity index (χ2v) is 6.81. The van der Waals surface area contributed by atoms with Gasteiger partial charge in [-0.15, -0.1) is 0 Å². The van der Waals surface area contributed by atoms with Crippen molar-refractivity contribution in [2.75, 3.05) is 37.3 Å². The van der Waals surface area contributed by atoms with Gasteiger partial charge in [0, 0.05) is 43.6 Å². The maximum atomic E-state index is 12.9. The van der Waals surface area contributed by atoms with Crippen LogP contribution in [0.25, 0.3) is 10.8 Å². The molecule has 27 heavy (non-hydrogen) atoms. The Kier molecular flexibility index (Phi) is 5.02. The average Bonchev–Trinajstić information content (AvgIpc) is 3.22. The number of rotatable bonds is 6. The number of benzene rings is 1. The molecule has 0 saturated carbocycles. The van der Waals surface area contributed by atoms with Crippen molar-refractivity contribution in [1.29, 1.82) is 0 Å². The summed E-state index contributed by atoms with van der Waals surface area (Å²) in [6.45, 7) is 3.93. The molecule has 0 amide bonds. The zero-order chi connectivity index (χ0) is 18.6. The van der Waals surface area contributed by atoms with Gasteiger partial charge in [0.05, 0.1) is 0 Å². The van der Waals surface area contributed by atoms with Crippen molar-refractivity contribution in [3.8, 4) is 0 Å². The lowest BCUT2D eigenvalue weighted by Crippen LogP contribution is -2.28. The van der Waals surface area contributed by atoms with Crippen LogP contribution in [0.15, 0.2) is 47.5 Å². The third-order valence-corrected chi connectivity index (χ3v) is 5.00. The van der Waals surface area contributed by atoms with Crippen LogP contribution in [0.3, 0.4) is 0 Å². The maximum absolute atomic E-state index is 12.9. The van der Waals surface area contributed by atoms with E-state index in [9.17, 15) is 4.79 Å². The van der Waals surface area contributed by atoms with Crippen LogP contribution in [0.2, 0.25) is 0 Å². The van der Waals surface area contributed by atoms with Gasteiger partial charge in [-0.1, -0.05) is 6.07 Å². The van der Waals surface area contributed by atoms with E-state index in [1.807, 2.05) is 42.1 Å². The summed E-state index contributed by atoms with van der Waals surface area (Å²) >= 11 is 0. The smallest absolute Gasteiger partial charge is 0.258 e. The largest absolute Gasteiger partial charge is 0.373 e. The lowest BCUT2D eigenvalue weighted by atomic mass is 10.1. The third kappa shape index (κ3) is 3.93. The van der Waals surface area contributed by atoms with Crippen LogP contribution < -0.4 is 16.2 Å². The molecule has 0 bridgehead atoms. The number of hydrogen-bond acceptors (Lipinski definition) is 6. The quantitative estimate of drug-likeness (QED) is 0.700. The van der Waals surface area contributed by atoms with E-state index in [1.165, 1.54) is 12.8 Å². The number of hydrogen-bond donors (Lipinski definition) is 2. The molecule has 1 saturated heterocycles. The number of anilines is 3. The second-order valence-electron chi connectivity index (χ2n) is 6.81. The van der Waals surface area contributed by atoms with E-state index in [-0.39, 0.29) is 5.56 Å². The minimum absolute atomic E-state index is 0.0419. The Morgan fingerprint density at radius 3 is 2.78 bits per heavy atom. The Morgan fingerprint density at radius 1 is 1.11 bits per heavy atom. The van der Waals surface area contributed by atoms with Crippen molar-refractivity contribution in [2.24, 2.45) is 0 Å². The molecule has 0 radical (unpaired) electrons. The summed E-state index contributed by atoms with van der Waals surface area (Å²) < 4.78 is 1.81. The van der Waals surface area contributed by atoms with Gasteiger partial charge in [0.15, 0.2) is 0 Å². The number of fused-ring (bicyclic) bond motifs is 1. The zero-order valence-corrected chi connectivity index (χ0v) is 15.5. The summed E-state index contributed by atoms with van der Waals surface area (Å²) in [6.07, 6.45) is 6.11. The van der Waals surface area contributed by atoms with Crippen LogP contribution in [-0.2, 0) is 6.54 Å². The normalized spacial score (nSPS) is 14.6. The molecule has 0 aliphatic carbocycles. The Bertz CT molecular complexity index is 993. The van der Waals surface area contributed by atoms with Crippen molar-refractivity contribution in [3.63, 3.8) is 0 Å². The van der Waals surface area contributed by atoms with Crippen molar-refractivity contribution < 1.29 is 0 Å². The topological polar surface area (TPSA) is 75.1 Å². The highest BCUT2D eigenvalue weighted by molar-refractivity contribution is 5.85. The number of likely N-dealkylation sites (tertiary alicyclic amines) is 1. The van der Waals surface area contributed by atoms with Gasteiger partial charge in [0.25, 0.3) is 5.56 Å². The molecule has 0 atom stereocenters. The lowest BCUT2D eigenvalue weighted by Gasteiger charge is -2.15. The van der Waals surface area contributed by atoms with Crippen LogP contribution >= 0.6 is 0 Å². The number of nitrogens with zero attached hydrogens (tertiary/aromatic N) is 4. The summed E-state index contributed by atoms with van der Waals surface area (Å²) in [5, 5.41) is 7.80. The van der Waals surface area contributed by atoms with Gasteiger partial charge in [0.1, 0.15) is 5.82 Å². The van der Waals surface area contributed by atoms with E-state index >= 15 is 0 Å². The fraction of sp³-hybridized carbons (Fsp3) is 0.350. The first-order valence-corrected chi connectivity index (χ1v) is 9.36. The number of aromatic nitrogens is 3. The van der Waals surface area contributed by atoms with E-state index in [0.29, 0.717) is 11.3 Å². The molecule has 1 aromatic carbocycles. The molecule has 1 fully saturated rings. The Morgan fingerprint density at radius 2 is 1.96 bits per heavy atom. The third-order valence-electron chi connectivity index (χ3n) is 5.00. The molecule has 140 valence electrons. The molecular formula is C20H24N6O. The molecule has 1 aliphatic heterocycles. The first-order chi connectivity index (χ1) is 13.2. The first kappa shape index (κ1) is 17.5. The molecular weight excluding hydrogens is 340 g/mol. The van der Waals surface area contributed by atoms with Gasteiger partial charge in [-0.05, 0) is 55.6 Å². The van der Waals surface area contributed by atoms with Gasteiger partial charge in [0.2, 0.25) is 5.95 Å². The summed E-state index contributed by atoms with van der Waals surface area (Å²) in [5.74, 6) is 1.23. The van der Waals surface area contributed by atoms with Gasteiger partial charge in [-0.3, -0.25) is 4.79 Å². The molecule has 3 aromatic rings. The van der Waals surface area contributed by atoms with Crippen molar-refractivity contribution >= 4 is 28.2 Å². The monoisotopic (exact) mass is 364 g/mol. The lowest BCUT2D eigenvalue weighted by molar-refractivity contribution is 0.321. The predicted octanol–water partition coefficient (Wildman–Crippen LogP) is 2.67. The molecule has 7 nitrogen and oxygen atoms in total. The van der Waals surface area contributed by atoms with Gasteiger partial charge < -0.3 is 20.1 Å². The Labute approximate surface area is 158 Å². The molecule has 4 rings (SSSR count). The van der Waals surface area contributed by atoms with Crippen molar-refractivity contribution in [1.82, 2.24) is 19.4 Å². The molecule has 2 N–H and O–H groups in total. The van der Waals surface area contributed by atoms with Gasteiger partial charge >= 0.3 is 0 Å². The van der Waals surface area contributed by atoms with Crippen LogP contribution in [-0.4, -0.2) is 46.1 Å². The highest BCUT2D eigenvalue weighted by Gasteiger charge is 2.12. The van der Waals surface area contributed by atoms with Gasteiger partial charge in [-0.25, -0.2) is 4.98 Å². The minimum atomic E-state index is 0.0419. The van der Waals surface area contributed by atoms with Gasteiger partial charge in [-0.2, -0.15) is 4.98 Å². The first-order valence-electron chi connectivity index (χ1n) is 9.36. The summed E-state index contributed by atoms with van der Waals surface area (Å²) in [6, 6.07) is 9.56. The molecule has 0 unspecified atom stereocenters. The fourth-order valence-electron chi connectivity index (χ4n) is 3.48. The molecule has 7 heteroatoms. The summed E-state index contributed by atoms with van der Waals surface area (Å²) in [7, 11) is 1.81. The van der Waals surface area contributed by atoms with E-state index in [4.69, 9.17) is 0 Å². The van der Waals surface area contributed by atoms with Crippen LogP contribution in [0, 0.1) is 0 Å². The maximum Gasteiger partial charge on any atom is 0.258 e. The summed E-state index contributed by atoms with van der Waals surface area (Å²) in [5.41, 5.74) is 0.838. The molecule has 1 aliphatic rings. The van der Waals surface area contributed by atoms with E-state index in [2.05, 4.69) is 25.5 Å². The average molecular weight is 364 g/mol. The molecule has 2 aromatic heterocycles. The Balaban J connectivity index is 1.58. The number of pyridine rings is 1. The summed E-state index contributed by atoms with van der Waals surface area (Å²) in [4.78, 5) is 23.9. The second kappa shape index (κ2) is 7.75. The van der Waals surface area contributed by atoms with E-state index in [0.717, 1.165) is 43.1 Å². The standard InChI is InChI=1S/C20H24N6O/c1-21-18-6-8-22-20(24-18)23-16-5-4-15-7-11-26(19(27)17(15)14-16)13-12-25-9-2-3-10-25/h4-8,11,14H,2-3,9-10,12-13H2,1H3,(H2,21,22,23,24). The van der Waals surface area contributed by atoms with Crippen LogP contribution in [0.5, 0.6) is 0 Å². The minimum Gasteiger partial charge on any atom is -0.373 e. The van der Waals surface area contributed by atoms with Crippen molar-refractivity contribution in [2.45, 2.75) is 19.4 Å². The van der Waals surface area contributed by atoms with Crippen LogP contribution in [0.4, 0.5) is 17.5 Å². The molecule has 0 spiro atoms. The zero-order valence-electron chi connectivity index (χ0n) is 15.5. The number of nitrogens with one attached hydrogen (secondary N) is 2. The van der Waals surface area contributed by atoms with Crippen LogP contribution in [0.1, 0.15) is 12.8 Å². The Hall–Kier alpha value is -2.93. The van der Waals surface area contributed by atoms with E-state index in [1.54, 1.807) is 12.3 Å². The van der Waals surface area contributed by atoms with E-state index < -0.39 is 0 Å². The SMILES string of the molecule is CNc1ccnc(Nc2ccc3ccn(CCN4CCCC4)c(=O)c3c2)n1. The highest BCUT2D eigenvalue weighted by atomic mass is 16.1. The predicted molar refractivity (Wildman–Crippen MR) is 109 cm³/mol. The highest BCUT2D eigenvalue weighted by Crippen LogP contribution is 2.19.